The number of rotatable bonds is 2. The van der Waals surface area contributed by atoms with Gasteiger partial charge in [0.15, 0.2) is 0 Å². The third-order valence-corrected chi connectivity index (χ3v) is 3.86. The summed E-state index contributed by atoms with van der Waals surface area (Å²) in [6.07, 6.45) is 1.38. The summed E-state index contributed by atoms with van der Waals surface area (Å²) in [5, 5.41) is 0. The SMILES string of the molecule is O=C1C(=O)N(Cc2ccc(C(F)(F)F)cc2)C2CC=CC=C12. The maximum absolute atomic E-state index is 12.5. The number of alkyl halides is 3. The van der Waals surface area contributed by atoms with Gasteiger partial charge in [-0.05, 0) is 24.1 Å². The zero-order valence-corrected chi connectivity index (χ0v) is 11.4. The highest BCUT2D eigenvalue weighted by atomic mass is 19.4. The fourth-order valence-electron chi connectivity index (χ4n) is 2.71. The topological polar surface area (TPSA) is 37.4 Å². The highest BCUT2D eigenvalue weighted by molar-refractivity contribution is 6.45. The number of Topliss-reactive ketones (excluding diaryl/α,β-unsaturated/α-hetero) is 1. The molecule has 2 aliphatic rings. The molecule has 0 bridgehead atoms. The molecular weight excluding hydrogens is 295 g/mol. The van der Waals surface area contributed by atoms with E-state index in [1.165, 1.54) is 17.0 Å². The van der Waals surface area contributed by atoms with Gasteiger partial charge in [0.25, 0.3) is 5.91 Å². The number of benzene rings is 1. The average molecular weight is 307 g/mol. The van der Waals surface area contributed by atoms with Gasteiger partial charge >= 0.3 is 6.18 Å². The number of nitrogens with zero attached hydrogens (tertiary/aromatic N) is 1. The molecule has 0 saturated carbocycles. The molecule has 1 saturated heterocycles. The number of ketones is 1. The quantitative estimate of drug-likeness (QED) is 0.788. The number of carbonyl (C=O) groups is 2. The first-order chi connectivity index (χ1) is 10.4. The van der Waals surface area contributed by atoms with Gasteiger partial charge in [-0.1, -0.05) is 30.4 Å². The van der Waals surface area contributed by atoms with Gasteiger partial charge in [-0.25, -0.2) is 0 Å². The van der Waals surface area contributed by atoms with E-state index in [0.29, 0.717) is 17.6 Å². The van der Waals surface area contributed by atoms with Gasteiger partial charge in [-0.15, -0.1) is 0 Å². The van der Waals surface area contributed by atoms with Crippen molar-refractivity contribution in [2.75, 3.05) is 0 Å². The smallest absolute Gasteiger partial charge is 0.324 e. The molecule has 1 aromatic rings. The predicted octanol–water partition coefficient (Wildman–Crippen LogP) is 2.87. The lowest BCUT2D eigenvalue weighted by molar-refractivity contribution is -0.140. The van der Waals surface area contributed by atoms with Crippen molar-refractivity contribution in [3.05, 3.63) is 59.2 Å². The van der Waals surface area contributed by atoms with Crippen molar-refractivity contribution >= 4 is 11.7 Å². The molecule has 1 fully saturated rings. The first kappa shape index (κ1) is 14.6. The lowest BCUT2D eigenvalue weighted by Crippen LogP contribution is -2.33. The number of carbonyl (C=O) groups excluding carboxylic acids is 2. The van der Waals surface area contributed by atoms with Gasteiger partial charge in [-0.2, -0.15) is 13.2 Å². The Kier molecular flexibility index (Phi) is 3.39. The minimum Gasteiger partial charge on any atom is -0.324 e. The third-order valence-electron chi connectivity index (χ3n) is 3.86. The Morgan fingerprint density at radius 2 is 1.82 bits per heavy atom. The molecular formula is C16H12F3NO2. The standard InChI is InChI=1S/C16H12F3NO2/c17-16(18,19)11-7-5-10(6-8-11)9-20-13-4-2-1-3-12(13)14(21)15(20)22/h1-3,5-8,13H,4,9H2. The van der Waals surface area contributed by atoms with E-state index in [1.807, 2.05) is 6.08 Å². The molecule has 22 heavy (non-hydrogen) atoms. The van der Waals surface area contributed by atoms with Crippen LogP contribution in [-0.4, -0.2) is 22.6 Å². The Hall–Kier alpha value is -2.37. The zero-order chi connectivity index (χ0) is 15.9. The molecule has 1 atom stereocenters. The molecule has 0 aromatic heterocycles. The van der Waals surface area contributed by atoms with E-state index < -0.39 is 23.4 Å². The molecule has 6 heteroatoms. The summed E-state index contributed by atoms with van der Waals surface area (Å²) in [7, 11) is 0. The number of likely N-dealkylation sites (tertiary alicyclic amines) is 1. The minimum atomic E-state index is -4.39. The Labute approximate surface area is 124 Å². The molecule has 1 aromatic carbocycles. The lowest BCUT2D eigenvalue weighted by atomic mass is 9.99. The number of amides is 1. The molecule has 1 aliphatic heterocycles. The van der Waals surface area contributed by atoms with Gasteiger partial charge in [0, 0.05) is 12.1 Å². The number of hydrogen-bond donors (Lipinski definition) is 0. The number of allylic oxidation sites excluding steroid dienone is 2. The molecule has 3 rings (SSSR count). The van der Waals surface area contributed by atoms with Crippen molar-refractivity contribution in [3.8, 4) is 0 Å². The molecule has 1 amide bonds. The second-order valence-corrected chi connectivity index (χ2v) is 5.26. The monoisotopic (exact) mass is 307 g/mol. The molecule has 0 N–H and O–H groups in total. The van der Waals surface area contributed by atoms with E-state index in [4.69, 9.17) is 0 Å². The average Bonchev–Trinajstić information content (AvgIpc) is 2.73. The fourth-order valence-corrected chi connectivity index (χ4v) is 2.71. The van der Waals surface area contributed by atoms with Gasteiger partial charge < -0.3 is 4.90 Å². The van der Waals surface area contributed by atoms with Crippen molar-refractivity contribution in [1.29, 1.82) is 0 Å². The summed E-state index contributed by atoms with van der Waals surface area (Å²) < 4.78 is 37.6. The number of fused-ring (bicyclic) bond motifs is 1. The Balaban J connectivity index is 1.81. The van der Waals surface area contributed by atoms with Crippen LogP contribution >= 0.6 is 0 Å². The van der Waals surface area contributed by atoms with E-state index in [0.717, 1.165) is 12.1 Å². The fraction of sp³-hybridized carbons (Fsp3) is 0.250. The predicted molar refractivity (Wildman–Crippen MR) is 72.6 cm³/mol. The van der Waals surface area contributed by atoms with E-state index in [-0.39, 0.29) is 12.6 Å². The van der Waals surface area contributed by atoms with Crippen LogP contribution in [0.25, 0.3) is 0 Å². The first-order valence-electron chi connectivity index (χ1n) is 6.76. The van der Waals surface area contributed by atoms with E-state index >= 15 is 0 Å². The maximum Gasteiger partial charge on any atom is 0.416 e. The molecule has 3 nitrogen and oxygen atoms in total. The molecule has 1 heterocycles. The van der Waals surface area contributed by atoms with Crippen LogP contribution in [0.15, 0.2) is 48.1 Å². The number of halogens is 3. The Bertz CT molecular complexity index is 686. The van der Waals surface area contributed by atoms with Crippen LogP contribution in [0.4, 0.5) is 13.2 Å². The lowest BCUT2D eigenvalue weighted by Gasteiger charge is -2.24. The summed E-state index contributed by atoms with van der Waals surface area (Å²) in [4.78, 5) is 25.3. The van der Waals surface area contributed by atoms with Crippen molar-refractivity contribution in [1.82, 2.24) is 4.90 Å². The van der Waals surface area contributed by atoms with Gasteiger partial charge in [0.2, 0.25) is 5.78 Å². The van der Waals surface area contributed by atoms with Crippen LogP contribution in [-0.2, 0) is 22.3 Å². The van der Waals surface area contributed by atoms with Gasteiger partial charge in [0.1, 0.15) is 0 Å². The van der Waals surface area contributed by atoms with E-state index in [9.17, 15) is 22.8 Å². The van der Waals surface area contributed by atoms with Gasteiger partial charge in [-0.3, -0.25) is 9.59 Å². The molecule has 1 unspecified atom stereocenters. The van der Waals surface area contributed by atoms with Crippen molar-refractivity contribution in [2.45, 2.75) is 25.2 Å². The van der Waals surface area contributed by atoms with Crippen molar-refractivity contribution in [2.24, 2.45) is 0 Å². The zero-order valence-electron chi connectivity index (χ0n) is 11.4. The van der Waals surface area contributed by atoms with Crippen LogP contribution in [0.1, 0.15) is 17.5 Å². The van der Waals surface area contributed by atoms with Gasteiger partial charge in [0.05, 0.1) is 11.6 Å². The highest BCUT2D eigenvalue weighted by Crippen LogP contribution is 2.31. The molecule has 0 radical (unpaired) electrons. The Morgan fingerprint density at radius 1 is 1.14 bits per heavy atom. The normalized spacial score (nSPS) is 21.1. The maximum atomic E-state index is 12.5. The largest absolute Gasteiger partial charge is 0.416 e. The van der Waals surface area contributed by atoms with Crippen LogP contribution in [0.2, 0.25) is 0 Å². The van der Waals surface area contributed by atoms with Crippen molar-refractivity contribution in [3.63, 3.8) is 0 Å². The minimum absolute atomic E-state index is 0.124. The van der Waals surface area contributed by atoms with Crippen LogP contribution in [0.5, 0.6) is 0 Å². The van der Waals surface area contributed by atoms with Crippen LogP contribution < -0.4 is 0 Å². The highest BCUT2D eigenvalue weighted by Gasteiger charge is 2.42. The third kappa shape index (κ3) is 2.45. The summed E-state index contributed by atoms with van der Waals surface area (Å²) in [5.74, 6) is -1.12. The Morgan fingerprint density at radius 3 is 2.45 bits per heavy atom. The van der Waals surface area contributed by atoms with Crippen LogP contribution in [0.3, 0.4) is 0 Å². The van der Waals surface area contributed by atoms with E-state index in [1.54, 1.807) is 12.2 Å². The van der Waals surface area contributed by atoms with E-state index in [2.05, 4.69) is 0 Å². The molecule has 114 valence electrons. The number of hydrogen-bond acceptors (Lipinski definition) is 2. The summed E-state index contributed by atoms with van der Waals surface area (Å²) >= 11 is 0. The summed E-state index contributed by atoms with van der Waals surface area (Å²) in [6, 6.07) is 4.32. The van der Waals surface area contributed by atoms with Crippen molar-refractivity contribution < 1.29 is 22.8 Å². The summed E-state index contributed by atoms with van der Waals surface area (Å²) in [5.41, 5.74) is 0.283. The molecule has 0 spiro atoms. The second-order valence-electron chi connectivity index (χ2n) is 5.26. The second kappa shape index (κ2) is 5.12. The summed E-state index contributed by atoms with van der Waals surface area (Å²) in [6.45, 7) is 0.124. The molecule has 1 aliphatic carbocycles. The first-order valence-corrected chi connectivity index (χ1v) is 6.76. The van der Waals surface area contributed by atoms with Crippen LogP contribution in [0, 0.1) is 0 Å².